The Hall–Kier alpha value is -3.79. The quantitative estimate of drug-likeness (QED) is 0.497. The van der Waals surface area contributed by atoms with Crippen LogP contribution in [0.15, 0.2) is 48.5 Å². The van der Waals surface area contributed by atoms with Crippen LogP contribution >= 0.6 is 0 Å². The Morgan fingerprint density at radius 2 is 1.45 bits per heavy atom. The number of hydrogen-bond donors (Lipinski definition) is 0. The van der Waals surface area contributed by atoms with Crippen LogP contribution < -0.4 is 14.5 Å². The van der Waals surface area contributed by atoms with Crippen molar-refractivity contribution in [3.63, 3.8) is 0 Å². The Balaban J connectivity index is 1.12. The topological polar surface area (TPSA) is 85.9 Å². The van der Waals surface area contributed by atoms with Crippen molar-refractivity contribution >= 4 is 29.4 Å². The van der Waals surface area contributed by atoms with E-state index in [2.05, 4.69) is 21.9 Å². The van der Waals surface area contributed by atoms with Gasteiger partial charge in [0.15, 0.2) is 0 Å². The van der Waals surface area contributed by atoms with Gasteiger partial charge < -0.3 is 19.3 Å². The summed E-state index contributed by atoms with van der Waals surface area (Å²) in [5, 5.41) is 0. The number of amides is 4. The highest BCUT2D eigenvalue weighted by molar-refractivity contribution is 6.05. The van der Waals surface area contributed by atoms with Crippen LogP contribution in [0.5, 0.6) is 5.75 Å². The Morgan fingerprint density at radius 1 is 0.833 bits per heavy atom. The second-order valence-electron chi connectivity index (χ2n) is 12.3. The molecule has 0 N–H and O–H groups in total. The minimum atomic E-state index is -0.469. The average molecular weight is 578 g/mol. The number of rotatable bonds is 6. The van der Waals surface area contributed by atoms with Gasteiger partial charge in [0.2, 0.25) is 5.91 Å². The van der Waals surface area contributed by atoms with Crippen LogP contribution in [-0.4, -0.2) is 97.3 Å². The van der Waals surface area contributed by atoms with Crippen molar-refractivity contribution in [2.45, 2.75) is 58.2 Å². The highest BCUT2D eigenvalue weighted by Gasteiger charge is 2.34. The summed E-state index contributed by atoms with van der Waals surface area (Å²) in [6, 6.07) is 15.7. The van der Waals surface area contributed by atoms with E-state index in [0.29, 0.717) is 19.0 Å². The number of nitrogens with zero attached hydrogens (tertiary/aromatic N) is 5. The molecule has 3 aliphatic heterocycles. The number of piperazine rings is 1. The number of anilines is 2. The lowest BCUT2D eigenvalue weighted by Gasteiger charge is -2.43. The van der Waals surface area contributed by atoms with Gasteiger partial charge in [-0.15, -0.1) is 0 Å². The normalized spacial score (nSPS) is 19.3. The number of hydrogen-bond acceptors (Lipinski definition) is 7. The fourth-order valence-corrected chi connectivity index (χ4v) is 5.93. The fraction of sp³-hybridized carbons (Fsp3) is 0.531. The Labute approximate surface area is 248 Å². The molecule has 3 aliphatic rings. The van der Waals surface area contributed by atoms with Crippen molar-refractivity contribution in [3.05, 3.63) is 54.1 Å². The molecule has 0 aliphatic carbocycles. The van der Waals surface area contributed by atoms with Gasteiger partial charge in [0, 0.05) is 69.7 Å². The van der Waals surface area contributed by atoms with Crippen LogP contribution in [0.4, 0.5) is 21.0 Å². The molecule has 10 nitrogen and oxygen atoms in total. The zero-order valence-corrected chi connectivity index (χ0v) is 25.3. The molecule has 226 valence electrons. The summed E-state index contributed by atoms with van der Waals surface area (Å²) in [5.74, 6) is 0.580. The van der Waals surface area contributed by atoms with Gasteiger partial charge in [0.25, 0.3) is 0 Å². The van der Waals surface area contributed by atoms with E-state index in [1.165, 1.54) is 4.90 Å². The lowest BCUT2D eigenvalue weighted by atomic mass is 10.0. The molecule has 0 aromatic heterocycles. The molecule has 4 amide bonds. The van der Waals surface area contributed by atoms with Gasteiger partial charge >= 0.3 is 12.1 Å². The summed E-state index contributed by atoms with van der Waals surface area (Å²) >= 11 is 0. The Morgan fingerprint density at radius 3 is 2.05 bits per heavy atom. The summed E-state index contributed by atoms with van der Waals surface area (Å²) < 4.78 is 10.7. The molecule has 2 aromatic rings. The maximum absolute atomic E-state index is 13.3. The third-order valence-corrected chi connectivity index (χ3v) is 8.29. The summed E-state index contributed by atoms with van der Waals surface area (Å²) in [5.41, 5.74) is 2.34. The maximum atomic E-state index is 13.3. The van der Waals surface area contributed by atoms with Crippen molar-refractivity contribution in [1.82, 2.24) is 14.7 Å². The highest BCUT2D eigenvalue weighted by Crippen LogP contribution is 2.27. The zero-order chi connectivity index (χ0) is 29.9. The molecule has 42 heavy (non-hydrogen) atoms. The predicted octanol–water partition coefficient (Wildman–Crippen LogP) is 4.58. The summed E-state index contributed by atoms with van der Waals surface area (Å²) in [7, 11) is 1.61. The van der Waals surface area contributed by atoms with Crippen LogP contribution in [0.1, 0.15) is 45.6 Å². The van der Waals surface area contributed by atoms with Crippen LogP contribution in [0.3, 0.4) is 0 Å². The predicted molar refractivity (Wildman–Crippen MR) is 162 cm³/mol. The van der Waals surface area contributed by atoms with Gasteiger partial charge in [0.1, 0.15) is 11.4 Å². The molecule has 0 atom stereocenters. The molecule has 0 bridgehead atoms. The van der Waals surface area contributed by atoms with Crippen molar-refractivity contribution in [3.8, 4) is 5.75 Å². The van der Waals surface area contributed by atoms with Crippen molar-refractivity contribution < 1.29 is 23.9 Å². The van der Waals surface area contributed by atoms with Gasteiger partial charge in [-0.05, 0) is 75.6 Å². The van der Waals surface area contributed by atoms with Gasteiger partial charge in [-0.1, -0.05) is 12.1 Å². The second-order valence-corrected chi connectivity index (χ2v) is 12.3. The Kier molecular flexibility index (Phi) is 8.91. The molecule has 0 radical (unpaired) electrons. The number of piperidine rings is 1. The average Bonchev–Trinajstić information content (AvgIpc) is 2.99. The van der Waals surface area contributed by atoms with Crippen LogP contribution in [-0.2, 0) is 16.1 Å². The van der Waals surface area contributed by atoms with Crippen LogP contribution in [0.2, 0.25) is 0 Å². The number of urea groups is 1. The van der Waals surface area contributed by atoms with E-state index in [9.17, 15) is 14.4 Å². The van der Waals surface area contributed by atoms with Crippen molar-refractivity contribution in [1.29, 1.82) is 0 Å². The molecular formula is C32H43N5O5. The zero-order valence-electron chi connectivity index (χ0n) is 25.3. The first-order valence-electron chi connectivity index (χ1n) is 14.9. The lowest BCUT2D eigenvalue weighted by molar-refractivity contribution is -0.129. The number of methoxy groups -OCH3 is 1. The number of carbonyl (C=O) groups excluding carboxylic acids is 3. The number of likely N-dealkylation sites (tertiary alicyclic amines) is 1. The lowest BCUT2D eigenvalue weighted by Crippen LogP contribution is -2.54. The van der Waals surface area contributed by atoms with Crippen molar-refractivity contribution in [2.75, 3.05) is 62.7 Å². The number of imide groups is 1. The molecule has 0 saturated carbocycles. The summed E-state index contributed by atoms with van der Waals surface area (Å²) in [6.07, 6.45) is 2.02. The first-order valence-corrected chi connectivity index (χ1v) is 14.9. The van der Waals surface area contributed by atoms with E-state index in [1.54, 1.807) is 12.0 Å². The van der Waals surface area contributed by atoms with Gasteiger partial charge in [-0.3, -0.25) is 19.5 Å². The molecule has 5 rings (SSSR count). The largest absolute Gasteiger partial charge is 0.497 e. The van der Waals surface area contributed by atoms with E-state index in [0.717, 1.165) is 74.8 Å². The molecule has 3 fully saturated rings. The highest BCUT2D eigenvalue weighted by atomic mass is 16.6. The minimum absolute atomic E-state index is 0.155. The monoisotopic (exact) mass is 577 g/mol. The molecule has 3 heterocycles. The molecular weight excluding hydrogens is 534 g/mol. The number of carbonyl (C=O) groups is 3. The van der Waals surface area contributed by atoms with Gasteiger partial charge in [-0.2, -0.15) is 0 Å². The van der Waals surface area contributed by atoms with E-state index in [4.69, 9.17) is 9.47 Å². The number of ether oxygens (including phenoxy) is 2. The third-order valence-electron chi connectivity index (χ3n) is 8.29. The van der Waals surface area contributed by atoms with E-state index in [1.807, 2.05) is 62.1 Å². The molecule has 3 saturated heterocycles. The van der Waals surface area contributed by atoms with Gasteiger partial charge in [0.05, 0.1) is 13.7 Å². The maximum Gasteiger partial charge on any atom is 0.410 e. The first kappa shape index (κ1) is 29.7. The van der Waals surface area contributed by atoms with E-state index < -0.39 is 5.60 Å². The summed E-state index contributed by atoms with van der Waals surface area (Å²) in [6.45, 7) is 11.6. The summed E-state index contributed by atoms with van der Waals surface area (Å²) in [4.78, 5) is 48.1. The molecule has 0 spiro atoms. The van der Waals surface area contributed by atoms with Crippen LogP contribution in [0.25, 0.3) is 0 Å². The van der Waals surface area contributed by atoms with E-state index in [-0.39, 0.29) is 24.6 Å². The van der Waals surface area contributed by atoms with Crippen LogP contribution in [0, 0.1) is 0 Å². The minimum Gasteiger partial charge on any atom is -0.497 e. The molecule has 2 aromatic carbocycles. The SMILES string of the molecule is COc1ccc(CN2C(=O)CCN(c3ccc(N4CCN(C5CCN(C(=O)OC(C)(C)C)CC5)CC4)cc3)C2=O)cc1. The molecule has 10 heteroatoms. The molecule has 0 unspecified atom stereocenters. The standard InChI is InChI=1S/C32H43N5O5/c1-32(2,3)42-31(40)35-16-13-26(14-17-35)34-21-19-33(20-22-34)25-7-9-27(10-8-25)36-18-15-29(38)37(30(36)39)23-24-5-11-28(41-4)12-6-24/h5-12,26H,13-23H2,1-4H3. The van der Waals surface area contributed by atoms with Gasteiger partial charge in [-0.25, -0.2) is 9.59 Å². The fourth-order valence-electron chi connectivity index (χ4n) is 5.93. The van der Waals surface area contributed by atoms with Crippen molar-refractivity contribution in [2.24, 2.45) is 0 Å². The Bertz CT molecular complexity index is 1240. The smallest absolute Gasteiger partial charge is 0.410 e. The number of benzene rings is 2. The van der Waals surface area contributed by atoms with E-state index >= 15 is 0 Å². The second kappa shape index (κ2) is 12.6. The first-order chi connectivity index (χ1) is 20.1. The third kappa shape index (κ3) is 6.98.